The fourth-order valence-electron chi connectivity index (χ4n) is 11.9. The molecule has 0 fully saturated rings. The molecule has 0 aromatic heterocycles. The standard InChI is InChI=1S/C71H53N/c1-70(2,3)54-39-41-55(42-40-54)71(66-33-15-22-50-19-6-9-27-63(50)66)67-32-11-10-28-65(67)69-64(31-16-34-68(69)71)53-23-12-24-58(47-53)72(56-43-35-51(36-44-56)61-29-13-20-48-17-4-7-25-59(48)61)57-45-37-52(38-46-57)62-30-14-21-49-18-5-8-26-60(49)62/h4-47H,1-3H3. The minimum absolute atomic E-state index is 0.0281. The monoisotopic (exact) mass is 919 g/mol. The Balaban J connectivity index is 0.989. The van der Waals surface area contributed by atoms with Gasteiger partial charge >= 0.3 is 0 Å². The van der Waals surface area contributed by atoms with Gasteiger partial charge in [-0.1, -0.05) is 251 Å². The normalized spacial score (nSPS) is 14.1. The van der Waals surface area contributed by atoms with E-state index in [-0.39, 0.29) is 5.41 Å². The Morgan fingerprint density at radius 3 is 1.36 bits per heavy atom. The molecule has 0 saturated carbocycles. The van der Waals surface area contributed by atoms with Crippen molar-refractivity contribution in [3.8, 4) is 44.5 Å². The summed E-state index contributed by atoms with van der Waals surface area (Å²) in [7, 11) is 0. The molecule has 13 rings (SSSR count). The fourth-order valence-corrected chi connectivity index (χ4v) is 11.9. The van der Waals surface area contributed by atoms with E-state index in [0.717, 1.165) is 17.1 Å². The smallest absolute Gasteiger partial charge is 0.0719 e. The van der Waals surface area contributed by atoms with Gasteiger partial charge in [0, 0.05) is 17.1 Å². The summed E-state index contributed by atoms with van der Waals surface area (Å²) in [6, 6.07) is 99.3. The van der Waals surface area contributed by atoms with Crippen LogP contribution in [0.1, 0.15) is 48.6 Å². The molecule has 72 heavy (non-hydrogen) atoms. The number of hydrogen-bond acceptors (Lipinski definition) is 1. The van der Waals surface area contributed by atoms with Crippen molar-refractivity contribution in [1.82, 2.24) is 0 Å². The minimum atomic E-state index is -0.569. The molecule has 342 valence electrons. The molecule has 0 spiro atoms. The third-order valence-corrected chi connectivity index (χ3v) is 15.3. The third kappa shape index (κ3) is 7.07. The van der Waals surface area contributed by atoms with Crippen LogP contribution in [-0.4, -0.2) is 0 Å². The predicted molar refractivity (Wildman–Crippen MR) is 306 cm³/mol. The van der Waals surface area contributed by atoms with Crippen LogP contribution in [0.2, 0.25) is 0 Å². The predicted octanol–water partition coefficient (Wildman–Crippen LogP) is 19.3. The molecule has 0 bridgehead atoms. The van der Waals surface area contributed by atoms with E-state index >= 15 is 0 Å². The number of benzene rings is 12. The summed E-state index contributed by atoms with van der Waals surface area (Å²) in [6.45, 7) is 6.90. The number of hydrogen-bond donors (Lipinski definition) is 0. The maximum Gasteiger partial charge on any atom is 0.0719 e. The Kier molecular flexibility index (Phi) is 10.4. The summed E-state index contributed by atoms with van der Waals surface area (Å²) >= 11 is 0. The van der Waals surface area contributed by atoms with Gasteiger partial charge in [0.05, 0.1) is 5.41 Å². The molecule has 0 amide bonds. The van der Waals surface area contributed by atoms with Crippen molar-refractivity contribution in [3.05, 3.63) is 295 Å². The number of fused-ring (bicyclic) bond motifs is 6. The van der Waals surface area contributed by atoms with Crippen LogP contribution in [0, 0.1) is 0 Å². The van der Waals surface area contributed by atoms with Crippen LogP contribution in [0.5, 0.6) is 0 Å². The fraction of sp³-hybridized carbons (Fsp3) is 0.0704. The molecule has 0 radical (unpaired) electrons. The molecular formula is C71H53N. The summed E-state index contributed by atoms with van der Waals surface area (Å²) in [5.41, 5.74) is 19.0. The van der Waals surface area contributed by atoms with Crippen LogP contribution in [0.4, 0.5) is 17.1 Å². The maximum atomic E-state index is 2.41. The van der Waals surface area contributed by atoms with E-state index in [2.05, 4.69) is 293 Å². The molecule has 1 aliphatic rings. The molecule has 1 nitrogen and oxygen atoms in total. The second-order valence-electron chi connectivity index (χ2n) is 20.4. The molecule has 12 aromatic carbocycles. The van der Waals surface area contributed by atoms with Gasteiger partial charge in [0.25, 0.3) is 0 Å². The van der Waals surface area contributed by atoms with Crippen LogP contribution >= 0.6 is 0 Å². The lowest BCUT2D eigenvalue weighted by Gasteiger charge is -2.35. The number of rotatable bonds is 8. The van der Waals surface area contributed by atoms with Crippen molar-refractivity contribution < 1.29 is 0 Å². The van der Waals surface area contributed by atoms with Gasteiger partial charge in [-0.15, -0.1) is 0 Å². The van der Waals surface area contributed by atoms with Crippen LogP contribution in [-0.2, 0) is 10.8 Å². The topological polar surface area (TPSA) is 3.24 Å². The molecule has 0 saturated heterocycles. The highest BCUT2D eigenvalue weighted by Gasteiger charge is 2.47. The Hall–Kier alpha value is -8.78. The second-order valence-corrected chi connectivity index (χ2v) is 20.4. The molecule has 12 aromatic rings. The highest BCUT2D eigenvalue weighted by atomic mass is 15.1. The third-order valence-electron chi connectivity index (χ3n) is 15.3. The zero-order valence-electron chi connectivity index (χ0n) is 40.9. The van der Waals surface area contributed by atoms with Crippen molar-refractivity contribution in [1.29, 1.82) is 0 Å². The van der Waals surface area contributed by atoms with Gasteiger partial charge in [-0.25, -0.2) is 0 Å². The van der Waals surface area contributed by atoms with E-state index in [1.807, 2.05) is 0 Å². The van der Waals surface area contributed by atoms with Crippen LogP contribution in [0.15, 0.2) is 267 Å². The number of nitrogens with zero attached hydrogens (tertiary/aromatic N) is 1. The van der Waals surface area contributed by atoms with Gasteiger partial charge in [-0.3, -0.25) is 0 Å². The molecule has 1 unspecified atom stereocenters. The van der Waals surface area contributed by atoms with E-state index in [4.69, 9.17) is 0 Å². The van der Waals surface area contributed by atoms with E-state index in [9.17, 15) is 0 Å². The summed E-state index contributed by atoms with van der Waals surface area (Å²) in [4.78, 5) is 2.41. The molecule has 0 aliphatic heterocycles. The van der Waals surface area contributed by atoms with Gasteiger partial charge in [0.15, 0.2) is 0 Å². The van der Waals surface area contributed by atoms with Crippen molar-refractivity contribution in [2.24, 2.45) is 0 Å². The summed E-state index contributed by atoms with van der Waals surface area (Å²) in [6.07, 6.45) is 0. The molecule has 1 atom stereocenters. The molecule has 1 heteroatoms. The van der Waals surface area contributed by atoms with Crippen LogP contribution < -0.4 is 4.90 Å². The van der Waals surface area contributed by atoms with E-state index < -0.39 is 5.41 Å². The Morgan fingerprint density at radius 1 is 0.306 bits per heavy atom. The van der Waals surface area contributed by atoms with Crippen molar-refractivity contribution in [2.75, 3.05) is 4.90 Å². The Labute approximate surface area is 423 Å². The molecule has 0 N–H and O–H groups in total. The van der Waals surface area contributed by atoms with Gasteiger partial charge in [-0.2, -0.15) is 0 Å². The lowest BCUT2D eigenvalue weighted by Crippen LogP contribution is -2.29. The van der Waals surface area contributed by atoms with Gasteiger partial charge < -0.3 is 4.90 Å². The SMILES string of the molecule is CC(C)(C)c1ccc(C2(c3cccc4ccccc34)c3ccccc3-c3c(-c4cccc(N(c5ccc(-c6cccc7ccccc67)cc5)c5ccc(-c6cccc7ccccc67)cc5)c4)cccc32)cc1. The lowest BCUT2D eigenvalue weighted by molar-refractivity contribution is 0.589. The average Bonchev–Trinajstić information content (AvgIpc) is 3.74. The van der Waals surface area contributed by atoms with E-state index in [1.54, 1.807) is 0 Å². The molecule has 1 aliphatic carbocycles. The highest BCUT2D eigenvalue weighted by molar-refractivity contribution is 6.01. The van der Waals surface area contributed by atoms with Gasteiger partial charge in [0.1, 0.15) is 0 Å². The maximum absolute atomic E-state index is 2.41. The first-order valence-corrected chi connectivity index (χ1v) is 25.2. The summed E-state index contributed by atoms with van der Waals surface area (Å²) in [5.74, 6) is 0. The highest BCUT2D eigenvalue weighted by Crippen LogP contribution is 2.59. The molecule has 0 heterocycles. The zero-order valence-corrected chi connectivity index (χ0v) is 40.9. The zero-order chi connectivity index (χ0) is 48.4. The average molecular weight is 920 g/mol. The van der Waals surface area contributed by atoms with Gasteiger partial charge in [0.2, 0.25) is 0 Å². The van der Waals surface area contributed by atoms with Crippen molar-refractivity contribution in [2.45, 2.75) is 31.6 Å². The summed E-state index contributed by atoms with van der Waals surface area (Å²) in [5, 5.41) is 7.50. The number of anilines is 3. The lowest BCUT2D eigenvalue weighted by atomic mass is 9.66. The first-order chi connectivity index (χ1) is 35.3. The quantitative estimate of drug-likeness (QED) is 0.147. The van der Waals surface area contributed by atoms with Gasteiger partial charge in [-0.05, 0) is 146 Å². The van der Waals surface area contributed by atoms with E-state index in [0.29, 0.717) is 0 Å². The van der Waals surface area contributed by atoms with Crippen molar-refractivity contribution in [3.63, 3.8) is 0 Å². The summed E-state index contributed by atoms with van der Waals surface area (Å²) < 4.78 is 0. The second kappa shape index (κ2) is 17.3. The van der Waals surface area contributed by atoms with Crippen LogP contribution in [0.3, 0.4) is 0 Å². The largest absolute Gasteiger partial charge is 0.310 e. The molecular weight excluding hydrogens is 867 g/mol. The first-order valence-electron chi connectivity index (χ1n) is 25.2. The first kappa shape index (κ1) is 43.3. The van der Waals surface area contributed by atoms with E-state index in [1.165, 1.54) is 105 Å². The Morgan fingerprint density at radius 2 is 0.750 bits per heavy atom. The van der Waals surface area contributed by atoms with Crippen LogP contribution in [0.25, 0.3) is 76.8 Å². The minimum Gasteiger partial charge on any atom is -0.310 e. The Bertz CT molecular complexity index is 3870. The van der Waals surface area contributed by atoms with Crippen molar-refractivity contribution >= 4 is 49.4 Å².